The Morgan fingerprint density at radius 3 is 2.76 bits per heavy atom. The lowest BCUT2D eigenvalue weighted by Gasteiger charge is -2.04. The van der Waals surface area contributed by atoms with Gasteiger partial charge >= 0.3 is 12.0 Å². The minimum atomic E-state index is 0.0534. The summed E-state index contributed by atoms with van der Waals surface area (Å²) in [6.07, 6.45) is 0. The summed E-state index contributed by atoms with van der Waals surface area (Å²) in [5.74, 6) is 0. The molecule has 6 nitrogen and oxygen atoms in total. The maximum Gasteiger partial charge on any atom is 0.316 e. The van der Waals surface area contributed by atoms with Crippen LogP contribution in [0.2, 0.25) is 0 Å². The molecule has 0 saturated heterocycles. The third-order valence-corrected chi connectivity index (χ3v) is 2.07. The molecular weight excluding hydrogens is 220 g/mol. The molecule has 3 N–H and O–H groups in total. The Bertz CT molecular complexity index is 444. The lowest BCUT2D eigenvalue weighted by molar-refractivity contribution is 0.130. The van der Waals surface area contributed by atoms with Gasteiger partial charge in [-0.1, -0.05) is 40.5 Å². The number of rotatable bonds is 6. The fraction of sp³-hybridized carbons (Fsp3) is 0.273. The molecule has 2 rings (SSSR count). The largest absolute Gasteiger partial charge is 0.390 e. The lowest BCUT2D eigenvalue weighted by Crippen LogP contribution is -2.09. The summed E-state index contributed by atoms with van der Waals surface area (Å²) in [5, 5.41) is 10.1. The van der Waals surface area contributed by atoms with Gasteiger partial charge in [-0.3, -0.25) is 0 Å². The van der Waals surface area contributed by atoms with Crippen LogP contribution in [-0.2, 0) is 11.3 Å². The van der Waals surface area contributed by atoms with Gasteiger partial charge in [0.25, 0.3) is 0 Å². The Morgan fingerprint density at radius 2 is 2.06 bits per heavy atom. The average Bonchev–Trinajstić information content (AvgIpc) is 2.76. The fourth-order valence-electron chi connectivity index (χ4n) is 1.30. The van der Waals surface area contributed by atoms with Crippen molar-refractivity contribution in [2.45, 2.75) is 6.61 Å². The molecule has 0 amide bonds. The summed E-state index contributed by atoms with van der Waals surface area (Å²) < 4.78 is 10.4. The molecule has 0 spiro atoms. The molecule has 0 atom stereocenters. The van der Waals surface area contributed by atoms with Gasteiger partial charge in [-0.05, 0) is 5.56 Å². The Labute approximate surface area is 98.8 Å². The SMILES string of the molecule is Nc1nnc(NCCOCc2ccccc2)o1. The van der Waals surface area contributed by atoms with Crippen LogP contribution in [0.3, 0.4) is 0 Å². The van der Waals surface area contributed by atoms with Crippen LogP contribution in [0.15, 0.2) is 34.7 Å². The standard InChI is InChI=1S/C11H14N4O2/c12-10-14-15-11(17-10)13-6-7-16-8-9-4-2-1-3-5-9/h1-5H,6-8H2,(H2,12,14)(H,13,15). The molecular formula is C11H14N4O2. The van der Waals surface area contributed by atoms with E-state index < -0.39 is 0 Å². The number of hydrogen-bond donors (Lipinski definition) is 2. The Kier molecular flexibility index (Phi) is 3.93. The van der Waals surface area contributed by atoms with E-state index in [2.05, 4.69) is 15.5 Å². The van der Waals surface area contributed by atoms with Crippen LogP contribution in [0.25, 0.3) is 0 Å². The average molecular weight is 234 g/mol. The number of nitrogens with two attached hydrogens (primary N) is 1. The monoisotopic (exact) mass is 234 g/mol. The van der Waals surface area contributed by atoms with Gasteiger partial charge in [0.2, 0.25) is 0 Å². The topological polar surface area (TPSA) is 86.2 Å². The first-order valence-corrected chi connectivity index (χ1v) is 5.29. The summed E-state index contributed by atoms with van der Waals surface area (Å²) in [5.41, 5.74) is 6.42. The summed E-state index contributed by atoms with van der Waals surface area (Å²) in [6, 6.07) is 10.4. The second kappa shape index (κ2) is 5.86. The molecule has 0 unspecified atom stereocenters. The number of nitrogens with zero attached hydrogens (tertiary/aromatic N) is 2. The van der Waals surface area contributed by atoms with Gasteiger partial charge in [-0.25, -0.2) is 0 Å². The van der Waals surface area contributed by atoms with Crippen molar-refractivity contribution < 1.29 is 9.15 Å². The van der Waals surface area contributed by atoms with E-state index in [1.807, 2.05) is 30.3 Å². The summed E-state index contributed by atoms with van der Waals surface area (Å²) >= 11 is 0. The first kappa shape index (κ1) is 11.4. The van der Waals surface area contributed by atoms with Crippen molar-refractivity contribution in [1.82, 2.24) is 10.2 Å². The zero-order chi connectivity index (χ0) is 11.9. The van der Waals surface area contributed by atoms with Crippen LogP contribution in [0.1, 0.15) is 5.56 Å². The van der Waals surface area contributed by atoms with E-state index in [0.29, 0.717) is 25.8 Å². The molecule has 2 aromatic rings. The summed E-state index contributed by atoms with van der Waals surface area (Å²) in [6.45, 7) is 1.74. The van der Waals surface area contributed by atoms with Gasteiger partial charge in [0.1, 0.15) is 0 Å². The molecule has 17 heavy (non-hydrogen) atoms. The Morgan fingerprint density at radius 1 is 1.24 bits per heavy atom. The molecule has 90 valence electrons. The van der Waals surface area contributed by atoms with Crippen molar-refractivity contribution in [3.63, 3.8) is 0 Å². The third-order valence-electron chi connectivity index (χ3n) is 2.07. The zero-order valence-corrected chi connectivity index (χ0v) is 9.30. The first-order valence-electron chi connectivity index (χ1n) is 5.29. The van der Waals surface area contributed by atoms with Crippen LogP contribution >= 0.6 is 0 Å². The minimum Gasteiger partial charge on any atom is -0.390 e. The molecule has 0 bridgehead atoms. The summed E-state index contributed by atoms with van der Waals surface area (Å²) in [4.78, 5) is 0. The van der Waals surface area contributed by atoms with Gasteiger partial charge in [-0.2, -0.15) is 0 Å². The number of anilines is 2. The molecule has 0 fully saturated rings. The van der Waals surface area contributed by atoms with Crippen LogP contribution in [0.4, 0.5) is 12.0 Å². The van der Waals surface area contributed by atoms with Crippen molar-refractivity contribution in [3.8, 4) is 0 Å². The van der Waals surface area contributed by atoms with Crippen LogP contribution in [0, 0.1) is 0 Å². The van der Waals surface area contributed by atoms with Crippen molar-refractivity contribution in [3.05, 3.63) is 35.9 Å². The maximum absolute atomic E-state index is 5.46. The van der Waals surface area contributed by atoms with Crippen LogP contribution in [0.5, 0.6) is 0 Å². The second-order valence-corrected chi connectivity index (χ2v) is 3.41. The fourth-order valence-corrected chi connectivity index (χ4v) is 1.30. The molecule has 0 aliphatic rings. The first-order chi connectivity index (χ1) is 8.34. The highest BCUT2D eigenvalue weighted by Gasteiger charge is 2.00. The van der Waals surface area contributed by atoms with E-state index in [4.69, 9.17) is 14.9 Å². The molecule has 0 radical (unpaired) electrons. The number of nitrogens with one attached hydrogen (secondary N) is 1. The molecule has 1 heterocycles. The van der Waals surface area contributed by atoms with Crippen molar-refractivity contribution >= 4 is 12.0 Å². The van der Waals surface area contributed by atoms with Gasteiger partial charge in [0.05, 0.1) is 13.2 Å². The van der Waals surface area contributed by atoms with E-state index in [1.54, 1.807) is 0 Å². The van der Waals surface area contributed by atoms with E-state index in [-0.39, 0.29) is 6.01 Å². The van der Waals surface area contributed by atoms with Crippen LogP contribution in [-0.4, -0.2) is 23.3 Å². The molecule has 0 aliphatic carbocycles. The number of hydrogen-bond acceptors (Lipinski definition) is 6. The minimum absolute atomic E-state index is 0.0534. The highest BCUT2D eigenvalue weighted by molar-refractivity contribution is 5.22. The Hall–Kier alpha value is -2.08. The predicted molar refractivity (Wildman–Crippen MR) is 63.3 cm³/mol. The Balaban J connectivity index is 1.61. The summed E-state index contributed by atoms with van der Waals surface area (Å²) in [7, 11) is 0. The number of benzene rings is 1. The second-order valence-electron chi connectivity index (χ2n) is 3.41. The maximum atomic E-state index is 5.46. The van der Waals surface area contributed by atoms with Crippen molar-refractivity contribution in [1.29, 1.82) is 0 Å². The molecule has 1 aromatic heterocycles. The van der Waals surface area contributed by atoms with Crippen molar-refractivity contribution in [2.75, 3.05) is 24.2 Å². The number of nitrogen functional groups attached to an aromatic ring is 1. The molecule has 6 heteroatoms. The van der Waals surface area contributed by atoms with E-state index in [0.717, 1.165) is 5.56 Å². The highest BCUT2D eigenvalue weighted by atomic mass is 16.5. The smallest absolute Gasteiger partial charge is 0.316 e. The number of aromatic nitrogens is 2. The van der Waals surface area contributed by atoms with Gasteiger partial charge in [0.15, 0.2) is 0 Å². The third kappa shape index (κ3) is 3.76. The number of ether oxygens (including phenoxy) is 1. The molecule has 0 saturated carbocycles. The van der Waals surface area contributed by atoms with E-state index in [1.165, 1.54) is 0 Å². The zero-order valence-electron chi connectivity index (χ0n) is 9.30. The lowest BCUT2D eigenvalue weighted by atomic mass is 10.2. The molecule has 0 aliphatic heterocycles. The van der Waals surface area contributed by atoms with E-state index in [9.17, 15) is 0 Å². The highest BCUT2D eigenvalue weighted by Crippen LogP contribution is 2.05. The van der Waals surface area contributed by atoms with Gasteiger partial charge in [0, 0.05) is 6.54 Å². The quantitative estimate of drug-likeness (QED) is 0.732. The van der Waals surface area contributed by atoms with Crippen LogP contribution < -0.4 is 11.1 Å². The van der Waals surface area contributed by atoms with Gasteiger partial charge in [-0.15, -0.1) is 0 Å². The van der Waals surface area contributed by atoms with Gasteiger partial charge < -0.3 is 20.2 Å². The van der Waals surface area contributed by atoms with Crippen molar-refractivity contribution in [2.24, 2.45) is 0 Å². The molecule has 1 aromatic carbocycles. The predicted octanol–water partition coefficient (Wildman–Crippen LogP) is 1.28. The van der Waals surface area contributed by atoms with E-state index >= 15 is 0 Å². The normalized spacial score (nSPS) is 10.4.